The van der Waals surface area contributed by atoms with Crippen LogP contribution in [0.15, 0.2) is 66.3 Å². The van der Waals surface area contributed by atoms with Gasteiger partial charge in [0, 0.05) is 24.5 Å². The zero-order valence-electron chi connectivity index (χ0n) is 16.1. The first-order chi connectivity index (χ1) is 14.1. The molecule has 0 radical (unpaired) electrons. The summed E-state index contributed by atoms with van der Waals surface area (Å²) in [5.41, 5.74) is 3.29. The fraction of sp³-hybridized carbons (Fsp3) is 0.190. The summed E-state index contributed by atoms with van der Waals surface area (Å²) in [4.78, 5) is 28.6. The molecule has 8 heteroatoms. The van der Waals surface area contributed by atoms with Gasteiger partial charge in [-0.2, -0.15) is 0 Å². The highest BCUT2D eigenvalue weighted by molar-refractivity contribution is 7.99. The smallest absolute Gasteiger partial charge is 0.319 e. The Kier molecular flexibility index (Phi) is 6.91. The minimum atomic E-state index is -0.308. The van der Waals surface area contributed by atoms with Crippen molar-refractivity contribution >= 4 is 46.1 Å². The SMILES string of the molecule is C=CCNC(=O)Nc1ccc(NC(=O)CSc2nc3ccccc3n2CC)cc1. The summed E-state index contributed by atoms with van der Waals surface area (Å²) in [5.74, 6) is 0.141. The molecule has 0 aliphatic heterocycles. The Morgan fingerprint density at radius 3 is 2.48 bits per heavy atom. The maximum atomic E-state index is 12.3. The second kappa shape index (κ2) is 9.79. The van der Waals surface area contributed by atoms with Gasteiger partial charge in [-0.15, -0.1) is 6.58 Å². The van der Waals surface area contributed by atoms with E-state index in [9.17, 15) is 9.59 Å². The summed E-state index contributed by atoms with van der Waals surface area (Å²) >= 11 is 1.41. The summed E-state index contributed by atoms with van der Waals surface area (Å²) in [7, 11) is 0. The van der Waals surface area contributed by atoms with Gasteiger partial charge in [-0.3, -0.25) is 4.79 Å². The number of aromatic nitrogens is 2. The fourth-order valence-electron chi connectivity index (χ4n) is 2.77. The van der Waals surface area contributed by atoms with E-state index in [0.29, 0.717) is 17.9 Å². The molecule has 29 heavy (non-hydrogen) atoms. The van der Waals surface area contributed by atoms with E-state index in [1.165, 1.54) is 11.8 Å². The summed E-state index contributed by atoms with van der Waals surface area (Å²) in [6.45, 7) is 6.79. The quantitative estimate of drug-likeness (QED) is 0.386. The molecule has 2 aromatic carbocycles. The number of nitrogens with one attached hydrogen (secondary N) is 3. The molecule has 0 atom stereocenters. The maximum Gasteiger partial charge on any atom is 0.319 e. The third-order valence-electron chi connectivity index (χ3n) is 4.10. The lowest BCUT2D eigenvalue weighted by molar-refractivity contribution is -0.113. The van der Waals surface area contributed by atoms with Crippen LogP contribution in [-0.4, -0.2) is 33.8 Å². The molecule has 3 N–H and O–H groups in total. The van der Waals surface area contributed by atoms with Gasteiger partial charge < -0.3 is 20.5 Å². The normalized spacial score (nSPS) is 10.5. The second-order valence-electron chi connectivity index (χ2n) is 6.17. The number of fused-ring (bicyclic) bond motifs is 1. The predicted molar refractivity (Wildman–Crippen MR) is 118 cm³/mol. The highest BCUT2D eigenvalue weighted by Crippen LogP contribution is 2.24. The molecule has 3 rings (SSSR count). The molecule has 3 aromatic rings. The number of aryl methyl sites for hydroxylation is 1. The lowest BCUT2D eigenvalue weighted by atomic mass is 10.3. The average Bonchev–Trinajstić information content (AvgIpc) is 3.09. The van der Waals surface area contributed by atoms with Crippen LogP contribution in [0.2, 0.25) is 0 Å². The molecule has 0 aliphatic carbocycles. The van der Waals surface area contributed by atoms with Crippen molar-refractivity contribution in [3.63, 3.8) is 0 Å². The van der Waals surface area contributed by atoms with Gasteiger partial charge in [-0.05, 0) is 43.3 Å². The summed E-state index contributed by atoms with van der Waals surface area (Å²) < 4.78 is 2.10. The fourth-order valence-corrected chi connectivity index (χ4v) is 3.65. The second-order valence-corrected chi connectivity index (χ2v) is 7.11. The number of urea groups is 1. The van der Waals surface area contributed by atoms with Crippen LogP contribution in [-0.2, 0) is 11.3 Å². The molecule has 7 nitrogen and oxygen atoms in total. The number of carbonyl (C=O) groups excluding carboxylic acids is 2. The first-order valence-electron chi connectivity index (χ1n) is 9.24. The van der Waals surface area contributed by atoms with Crippen LogP contribution in [0.25, 0.3) is 11.0 Å². The third kappa shape index (κ3) is 5.39. The number of rotatable bonds is 8. The number of carbonyl (C=O) groups is 2. The molecule has 0 spiro atoms. The number of imidazole rings is 1. The van der Waals surface area contributed by atoms with Crippen molar-refractivity contribution < 1.29 is 9.59 Å². The van der Waals surface area contributed by atoms with E-state index in [2.05, 4.69) is 39.0 Å². The van der Waals surface area contributed by atoms with Crippen LogP contribution in [0.5, 0.6) is 0 Å². The Morgan fingerprint density at radius 2 is 1.79 bits per heavy atom. The van der Waals surface area contributed by atoms with Crippen LogP contribution in [0.3, 0.4) is 0 Å². The van der Waals surface area contributed by atoms with E-state index in [1.807, 2.05) is 24.3 Å². The molecule has 3 amide bonds. The molecule has 150 valence electrons. The Bertz CT molecular complexity index is 1010. The molecule has 0 unspecified atom stereocenters. The van der Waals surface area contributed by atoms with Gasteiger partial charge in [0.1, 0.15) is 0 Å². The van der Waals surface area contributed by atoms with E-state index in [-0.39, 0.29) is 17.7 Å². The number of para-hydroxylation sites is 2. The molecule has 0 fully saturated rings. The molecule has 0 saturated heterocycles. The number of anilines is 2. The molecule has 0 aliphatic rings. The van der Waals surface area contributed by atoms with Gasteiger partial charge in [-0.25, -0.2) is 9.78 Å². The standard InChI is InChI=1S/C21H23N5O2S/c1-3-13-22-20(28)24-16-11-9-15(10-12-16)23-19(27)14-29-21-25-17-7-5-6-8-18(17)26(21)4-2/h3,5-12H,1,4,13-14H2,2H3,(H,23,27)(H2,22,24,28). The van der Waals surface area contributed by atoms with Crippen molar-refractivity contribution in [2.24, 2.45) is 0 Å². The first-order valence-corrected chi connectivity index (χ1v) is 10.2. The van der Waals surface area contributed by atoms with Crippen molar-refractivity contribution in [1.29, 1.82) is 0 Å². The first kappa shape index (κ1) is 20.5. The topological polar surface area (TPSA) is 88.1 Å². The number of thioether (sulfide) groups is 1. The van der Waals surface area contributed by atoms with E-state index < -0.39 is 0 Å². The van der Waals surface area contributed by atoms with Crippen LogP contribution in [0.1, 0.15) is 6.92 Å². The highest BCUT2D eigenvalue weighted by atomic mass is 32.2. The lowest BCUT2D eigenvalue weighted by Gasteiger charge is -2.09. The van der Waals surface area contributed by atoms with Gasteiger partial charge in [0.2, 0.25) is 5.91 Å². The van der Waals surface area contributed by atoms with E-state index >= 15 is 0 Å². The summed E-state index contributed by atoms with van der Waals surface area (Å²) in [6.07, 6.45) is 1.60. The molecule has 0 saturated carbocycles. The van der Waals surface area contributed by atoms with Crippen LogP contribution in [0, 0.1) is 0 Å². The van der Waals surface area contributed by atoms with Crippen molar-refractivity contribution in [1.82, 2.24) is 14.9 Å². The number of hydrogen-bond donors (Lipinski definition) is 3. The largest absolute Gasteiger partial charge is 0.334 e. The third-order valence-corrected chi connectivity index (χ3v) is 5.08. The summed E-state index contributed by atoms with van der Waals surface area (Å²) in [6, 6.07) is 14.6. The van der Waals surface area contributed by atoms with Crippen LogP contribution < -0.4 is 16.0 Å². The zero-order valence-corrected chi connectivity index (χ0v) is 17.0. The van der Waals surface area contributed by atoms with Crippen molar-refractivity contribution in [2.45, 2.75) is 18.6 Å². The maximum absolute atomic E-state index is 12.3. The van der Waals surface area contributed by atoms with Gasteiger partial charge in [0.05, 0.1) is 16.8 Å². The van der Waals surface area contributed by atoms with E-state index in [4.69, 9.17) is 0 Å². The molecular formula is C21H23N5O2S. The Balaban J connectivity index is 1.54. The van der Waals surface area contributed by atoms with E-state index in [1.54, 1.807) is 30.3 Å². The van der Waals surface area contributed by atoms with Crippen molar-refractivity contribution in [3.8, 4) is 0 Å². The minimum Gasteiger partial charge on any atom is -0.334 e. The number of hydrogen-bond acceptors (Lipinski definition) is 4. The Morgan fingerprint density at radius 1 is 1.10 bits per heavy atom. The van der Waals surface area contributed by atoms with Gasteiger partial charge in [0.25, 0.3) is 0 Å². The van der Waals surface area contributed by atoms with E-state index in [0.717, 1.165) is 22.7 Å². The average molecular weight is 410 g/mol. The van der Waals surface area contributed by atoms with Gasteiger partial charge >= 0.3 is 6.03 Å². The Labute approximate surface area is 173 Å². The Hall–Kier alpha value is -3.26. The predicted octanol–water partition coefficient (Wildman–Crippen LogP) is 4.09. The zero-order chi connectivity index (χ0) is 20.6. The highest BCUT2D eigenvalue weighted by Gasteiger charge is 2.12. The lowest BCUT2D eigenvalue weighted by Crippen LogP contribution is -2.28. The monoisotopic (exact) mass is 409 g/mol. The molecule has 0 bridgehead atoms. The molecule has 1 heterocycles. The van der Waals surface area contributed by atoms with Crippen LogP contribution in [0.4, 0.5) is 16.2 Å². The number of nitrogens with zero attached hydrogens (tertiary/aromatic N) is 2. The number of amides is 3. The summed E-state index contributed by atoms with van der Waals surface area (Å²) in [5, 5.41) is 9.02. The van der Waals surface area contributed by atoms with Crippen LogP contribution >= 0.6 is 11.8 Å². The van der Waals surface area contributed by atoms with Gasteiger partial charge in [0.15, 0.2) is 5.16 Å². The number of benzene rings is 2. The van der Waals surface area contributed by atoms with Gasteiger partial charge in [-0.1, -0.05) is 30.0 Å². The molecule has 1 aromatic heterocycles. The van der Waals surface area contributed by atoms with Crippen molar-refractivity contribution in [2.75, 3.05) is 22.9 Å². The minimum absolute atomic E-state index is 0.117. The molecular weight excluding hydrogens is 386 g/mol. The van der Waals surface area contributed by atoms with Crippen molar-refractivity contribution in [3.05, 3.63) is 61.2 Å².